The Morgan fingerprint density at radius 2 is 1.82 bits per heavy atom. The number of pyridine rings is 1. The molecule has 0 spiro atoms. The molecule has 1 N–H and O–H groups in total. The van der Waals surface area contributed by atoms with Crippen LogP contribution >= 0.6 is 0 Å². The van der Waals surface area contributed by atoms with Gasteiger partial charge in [0.15, 0.2) is 0 Å². The minimum atomic E-state index is 0.409. The van der Waals surface area contributed by atoms with Crippen molar-refractivity contribution in [1.82, 2.24) is 15.0 Å². The summed E-state index contributed by atoms with van der Waals surface area (Å²) in [6.07, 6.45) is 3.55. The van der Waals surface area contributed by atoms with Crippen LogP contribution in [-0.2, 0) is 0 Å². The maximum absolute atomic E-state index is 4.78. The second-order valence-corrected chi connectivity index (χ2v) is 4.94. The van der Waals surface area contributed by atoms with Gasteiger partial charge in [0.05, 0.1) is 23.9 Å². The number of hydrogen-bond donors (Lipinski definition) is 1. The Kier molecular flexibility index (Phi) is 3.27. The molecule has 2 heterocycles. The molecule has 0 fully saturated rings. The zero-order valence-electron chi connectivity index (χ0n) is 10.9. The van der Waals surface area contributed by atoms with Crippen molar-refractivity contribution in [3.63, 3.8) is 0 Å². The van der Waals surface area contributed by atoms with E-state index >= 15 is 0 Å². The first-order valence-electron chi connectivity index (χ1n) is 6.09. The highest BCUT2D eigenvalue weighted by Gasteiger charge is 2.13. The average molecular weight is 229 g/mol. The van der Waals surface area contributed by atoms with Gasteiger partial charge in [-0.3, -0.25) is 4.98 Å². The van der Waals surface area contributed by atoms with Crippen molar-refractivity contribution in [1.29, 1.82) is 0 Å². The van der Waals surface area contributed by atoms with Crippen molar-refractivity contribution in [3.05, 3.63) is 36.0 Å². The lowest BCUT2D eigenvalue weighted by Gasteiger charge is -2.14. The lowest BCUT2D eigenvalue weighted by atomic mass is 9.99. The van der Waals surface area contributed by atoms with Gasteiger partial charge in [0.25, 0.3) is 0 Å². The van der Waals surface area contributed by atoms with E-state index in [4.69, 9.17) is 4.98 Å². The van der Waals surface area contributed by atoms with Gasteiger partial charge in [0.2, 0.25) is 0 Å². The minimum Gasteiger partial charge on any atom is -0.345 e. The SMILES string of the molecule is CC(C)c1ccc(-c2cnc[nH]2)c(C(C)C)n1. The van der Waals surface area contributed by atoms with Crippen LogP contribution in [0.25, 0.3) is 11.3 Å². The second kappa shape index (κ2) is 4.70. The van der Waals surface area contributed by atoms with Crippen LogP contribution in [0.3, 0.4) is 0 Å². The summed E-state index contributed by atoms with van der Waals surface area (Å²) in [7, 11) is 0. The molecular weight excluding hydrogens is 210 g/mol. The van der Waals surface area contributed by atoms with E-state index < -0.39 is 0 Å². The molecule has 2 rings (SSSR count). The van der Waals surface area contributed by atoms with Gasteiger partial charge in [-0.2, -0.15) is 0 Å². The first-order chi connectivity index (χ1) is 8.09. The largest absolute Gasteiger partial charge is 0.345 e. The van der Waals surface area contributed by atoms with Crippen LogP contribution < -0.4 is 0 Å². The third kappa shape index (κ3) is 2.38. The second-order valence-electron chi connectivity index (χ2n) is 4.94. The maximum Gasteiger partial charge on any atom is 0.0924 e. The van der Waals surface area contributed by atoms with E-state index in [9.17, 15) is 0 Å². The molecule has 0 saturated carbocycles. The number of aromatic amines is 1. The first kappa shape index (κ1) is 11.8. The van der Waals surface area contributed by atoms with Crippen molar-refractivity contribution >= 4 is 0 Å². The van der Waals surface area contributed by atoms with E-state index in [1.165, 1.54) is 0 Å². The van der Waals surface area contributed by atoms with E-state index in [1.54, 1.807) is 6.33 Å². The van der Waals surface area contributed by atoms with Crippen LogP contribution in [0.5, 0.6) is 0 Å². The molecule has 0 amide bonds. The minimum absolute atomic E-state index is 0.409. The third-order valence-electron chi connectivity index (χ3n) is 2.87. The zero-order valence-corrected chi connectivity index (χ0v) is 10.9. The normalized spacial score (nSPS) is 11.4. The highest BCUT2D eigenvalue weighted by atomic mass is 14.9. The molecule has 17 heavy (non-hydrogen) atoms. The van der Waals surface area contributed by atoms with Crippen molar-refractivity contribution in [2.45, 2.75) is 39.5 Å². The van der Waals surface area contributed by atoms with Crippen LogP contribution in [0.1, 0.15) is 50.9 Å². The summed E-state index contributed by atoms with van der Waals surface area (Å²) in [6.45, 7) is 8.68. The molecule has 0 aliphatic rings. The van der Waals surface area contributed by atoms with Crippen molar-refractivity contribution in [2.75, 3.05) is 0 Å². The zero-order chi connectivity index (χ0) is 12.4. The Balaban J connectivity index is 2.53. The molecule has 0 radical (unpaired) electrons. The monoisotopic (exact) mass is 229 g/mol. The molecule has 0 unspecified atom stereocenters. The lowest BCUT2D eigenvalue weighted by Crippen LogP contribution is -2.02. The number of imidazole rings is 1. The summed E-state index contributed by atoms with van der Waals surface area (Å²) < 4.78 is 0. The van der Waals surface area contributed by atoms with Gasteiger partial charge in [-0.15, -0.1) is 0 Å². The molecule has 0 saturated heterocycles. The van der Waals surface area contributed by atoms with Crippen LogP contribution in [0.2, 0.25) is 0 Å². The van der Waals surface area contributed by atoms with Gasteiger partial charge in [0, 0.05) is 11.3 Å². The van der Waals surface area contributed by atoms with Crippen molar-refractivity contribution in [3.8, 4) is 11.3 Å². The molecular formula is C14H19N3. The number of nitrogens with one attached hydrogen (secondary N) is 1. The van der Waals surface area contributed by atoms with Gasteiger partial charge < -0.3 is 4.98 Å². The average Bonchev–Trinajstić information content (AvgIpc) is 2.81. The fraction of sp³-hybridized carbons (Fsp3) is 0.429. The number of hydrogen-bond acceptors (Lipinski definition) is 2. The Morgan fingerprint density at radius 1 is 1.06 bits per heavy atom. The summed E-state index contributed by atoms with van der Waals surface area (Å²) in [5.74, 6) is 0.871. The van der Waals surface area contributed by atoms with Crippen molar-refractivity contribution < 1.29 is 0 Å². The number of nitrogens with zero attached hydrogens (tertiary/aromatic N) is 2. The Hall–Kier alpha value is -1.64. The fourth-order valence-corrected chi connectivity index (χ4v) is 1.88. The van der Waals surface area contributed by atoms with Crippen LogP contribution in [0.15, 0.2) is 24.7 Å². The molecule has 90 valence electrons. The number of rotatable bonds is 3. The molecule has 3 nitrogen and oxygen atoms in total. The topological polar surface area (TPSA) is 41.6 Å². The molecule has 3 heteroatoms. The van der Waals surface area contributed by atoms with E-state index in [1.807, 2.05) is 6.20 Å². The smallest absolute Gasteiger partial charge is 0.0924 e. The standard InChI is InChI=1S/C14H19N3/c1-9(2)12-6-5-11(13-7-15-8-16-13)14(17-12)10(3)4/h5-10H,1-4H3,(H,15,16). The first-order valence-corrected chi connectivity index (χ1v) is 6.09. The van der Waals surface area contributed by atoms with E-state index in [0.29, 0.717) is 11.8 Å². The molecule has 0 atom stereocenters. The van der Waals surface area contributed by atoms with Gasteiger partial charge in [0.1, 0.15) is 0 Å². The van der Waals surface area contributed by atoms with E-state index in [2.05, 4.69) is 49.8 Å². The molecule has 0 aliphatic carbocycles. The number of aromatic nitrogens is 3. The molecule has 0 aliphatic heterocycles. The Labute approximate surface area is 102 Å². The van der Waals surface area contributed by atoms with Gasteiger partial charge in [-0.05, 0) is 24.0 Å². The summed E-state index contributed by atoms with van der Waals surface area (Å²) in [6, 6.07) is 4.25. The van der Waals surface area contributed by atoms with E-state index in [0.717, 1.165) is 22.6 Å². The quantitative estimate of drug-likeness (QED) is 0.871. The molecule has 0 aromatic carbocycles. The summed E-state index contributed by atoms with van der Waals surface area (Å²) in [5, 5.41) is 0. The van der Waals surface area contributed by atoms with Gasteiger partial charge in [-0.25, -0.2) is 4.98 Å². The highest BCUT2D eigenvalue weighted by molar-refractivity contribution is 5.62. The van der Waals surface area contributed by atoms with E-state index in [-0.39, 0.29) is 0 Å². The molecule has 0 bridgehead atoms. The van der Waals surface area contributed by atoms with Crippen molar-refractivity contribution in [2.24, 2.45) is 0 Å². The Bertz CT molecular complexity index is 484. The van der Waals surface area contributed by atoms with Gasteiger partial charge in [-0.1, -0.05) is 27.7 Å². The van der Waals surface area contributed by atoms with Gasteiger partial charge >= 0.3 is 0 Å². The van der Waals surface area contributed by atoms with Crippen LogP contribution in [-0.4, -0.2) is 15.0 Å². The van der Waals surface area contributed by atoms with Crippen LogP contribution in [0.4, 0.5) is 0 Å². The van der Waals surface area contributed by atoms with Crippen LogP contribution in [0, 0.1) is 0 Å². The predicted octanol–water partition coefficient (Wildman–Crippen LogP) is 3.72. The summed E-state index contributed by atoms with van der Waals surface area (Å²) >= 11 is 0. The maximum atomic E-state index is 4.78. The Morgan fingerprint density at radius 3 is 2.35 bits per heavy atom. The lowest BCUT2D eigenvalue weighted by molar-refractivity contribution is 0.766. The highest BCUT2D eigenvalue weighted by Crippen LogP contribution is 2.27. The fourth-order valence-electron chi connectivity index (χ4n) is 1.88. The summed E-state index contributed by atoms with van der Waals surface area (Å²) in [5.41, 5.74) is 4.48. The number of H-pyrrole nitrogens is 1. The molecule has 2 aromatic heterocycles. The molecule has 2 aromatic rings. The summed E-state index contributed by atoms with van der Waals surface area (Å²) in [4.78, 5) is 12.0. The third-order valence-corrected chi connectivity index (χ3v) is 2.87. The predicted molar refractivity (Wildman–Crippen MR) is 70.0 cm³/mol.